The molecule has 0 spiro atoms. The number of nitro groups is 1. The van der Waals surface area contributed by atoms with Crippen LogP contribution in [-0.4, -0.2) is 15.9 Å². The number of hydrogen-bond donors (Lipinski definition) is 2. The van der Waals surface area contributed by atoms with Gasteiger partial charge in [0.05, 0.1) is 4.92 Å². The molecule has 0 aliphatic carbocycles. The zero-order valence-electron chi connectivity index (χ0n) is 19.5. The number of ether oxygens (including phenoxy) is 1. The van der Waals surface area contributed by atoms with Crippen molar-refractivity contribution >= 4 is 17.2 Å². The maximum absolute atomic E-state index is 11.8. The Morgan fingerprint density at radius 1 is 1.06 bits per heavy atom. The van der Waals surface area contributed by atoms with Gasteiger partial charge < -0.3 is 15.6 Å². The van der Waals surface area contributed by atoms with E-state index in [9.17, 15) is 20.0 Å². The second kappa shape index (κ2) is 10.7. The lowest BCUT2D eigenvalue weighted by molar-refractivity contribution is -0.386. The van der Waals surface area contributed by atoms with E-state index in [1.807, 2.05) is 62.4 Å². The van der Waals surface area contributed by atoms with Crippen molar-refractivity contribution in [1.82, 2.24) is 0 Å². The van der Waals surface area contributed by atoms with Crippen LogP contribution in [0.1, 0.15) is 43.4 Å². The summed E-state index contributed by atoms with van der Waals surface area (Å²) >= 11 is 0. The molecule has 0 unspecified atom stereocenters. The van der Waals surface area contributed by atoms with Crippen LogP contribution in [0.4, 0.5) is 5.69 Å². The summed E-state index contributed by atoms with van der Waals surface area (Å²) in [4.78, 5) is 23.1. The van der Waals surface area contributed by atoms with Crippen LogP contribution in [0.3, 0.4) is 0 Å². The number of aromatic hydroxyl groups is 1. The first-order chi connectivity index (χ1) is 16.3. The van der Waals surface area contributed by atoms with Gasteiger partial charge in [0.1, 0.15) is 6.61 Å². The molecular formula is C27H28N2O5. The number of phenolic OH excluding ortho intramolecular Hbond substituents is 1. The monoisotopic (exact) mass is 460 g/mol. The van der Waals surface area contributed by atoms with Crippen molar-refractivity contribution in [2.24, 2.45) is 5.73 Å². The highest BCUT2D eigenvalue weighted by atomic mass is 16.6. The molecule has 0 aliphatic heterocycles. The molecule has 176 valence electrons. The van der Waals surface area contributed by atoms with Crippen molar-refractivity contribution in [3.63, 3.8) is 0 Å². The standard InChI is InChI=1S/C27H28N2O5/c1-4-21(22(5-2)27(28)31)20-14-24(29(32)33)26(25(30)15-20)34-16-19-12-9-13-23(17(19)3)18-10-7-6-8-11-18/h6-15,30H,4-5,16H2,1-3H3,(H2,28,31). The van der Waals surface area contributed by atoms with Gasteiger partial charge >= 0.3 is 5.69 Å². The Kier molecular flexibility index (Phi) is 7.68. The van der Waals surface area contributed by atoms with Gasteiger partial charge in [0, 0.05) is 11.6 Å². The molecule has 0 bridgehead atoms. The molecule has 3 aromatic rings. The van der Waals surface area contributed by atoms with E-state index < -0.39 is 10.8 Å². The first-order valence-electron chi connectivity index (χ1n) is 11.1. The topological polar surface area (TPSA) is 116 Å². The second-order valence-corrected chi connectivity index (χ2v) is 7.87. The van der Waals surface area contributed by atoms with Crippen LogP contribution in [0.25, 0.3) is 16.7 Å². The average molecular weight is 461 g/mol. The molecule has 3 aromatic carbocycles. The van der Waals surface area contributed by atoms with Crippen LogP contribution in [-0.2, 0) is 11.4 Å². The van der Waals surface area contributed by atoms with Gasteiger partial charge in [-0.05, 0) is 59.2 Å². The quantitative estimate of drug-likeness (QED) is 0.234. The van der Waals surface area contributed by atoms with E-state index in [0.717, 1.165) is 22.3 Å². The Morgan fingerprint density at radius 2 is 1.76 bits per heavy atom. The molecule has 0 fully saturated rings. The fourth-order valence-corrected chi connectivity index (χ4v) is 4.10. The molecule has 0 aliphatic rings. The third kappa shape index (κ3) is 5.09. The van der Waals surface area contributed by atoms with Crippen LogP contribution in [0, 0.1) is 17.0 Å². The van der Waals surface area contributed by atoms with Gasteiger partial charge in [-0.25, -0.2) is 0 Å². The highest BCUT2D eigenvalue weighted by molar-refractivity contribution is 6.00. The Labute approximate surface area is 198 Å². The Balaban J connectivity index is 1.99. The van der Waals surface area contributed by atoms with E-state index in [1.165, 1.54) is 12.1 Å². The second-order valence-electron chi connectivity index (χ2n) is 7.87. The largest absolute Gasteiger partial charge is 0.504 e. The highest BCUT2D eigenvalue weighted by Crippen LogP contribution is 2.41. The lowest BCUT2D eigenvalue weighted by Gasteiger charge is -2.15. The van der Waals surface area contributed by atoms with Crippen molar-refractivity contribution < 1.29 is 19.6 Å². The van der Waals surface area contributed by atoms with Crippen LogP contribution in [0.5, 0.6) is 11.5 Å². The predicted molar refractivity (Wildman–Crippen MR) is 132 cm³/mol. The number of benzene rings is 3. The molecule has 3 N–H and O–H groups in total. The molecule has 0 aromatic heterocycles. The molecular weight excluding hydrogens is 432 g/mol. The van der Waals surface area contributed by atoms with Gasteiger partial charge in [-0.15, -0.1) is 0 Å². The number of nitrogens with zero attached hydrogens (tertiary/aromatic N) is 1. The lowest BCUT2D eigenvalue weighted by atomic mass is 9.94. The summed E-state index contributed by atoms with van der Waals surface area (Å²) in [6, 6.07) is 18.4. The van der Waals surface area contributed by atoms with Crippen LogP contribution in [0.2, 0.25) is 0 Å². The van der Waals surface area contributed by atoms with Gasteiger partial charge in [-0.2, -0.15) is 0 Å². The molecule has 7 nitrogen and oxygen atoms in total. The van der Waals surface area contributed by atoms with Crippen molar-refractivity contribution in [2.75, 3.05) is 0 Å². The first-order valence-corrected chi connectivity index (χ1v) is 11.1. The molecule has 1 amide bonds. The summed E-state index contributed by atoms with van der Waals surface area (Å²) in [5, 5.41) is 22.5. The molecule has 3 rings (SSSR count). The van der Waals surface area contributed by atoms with E-state index in [1.54, 1.807) is 6.92 Å². The van der Waals surface area contributed by atoms with E-state index in [-0.39, 0.29) is 23.8 Å². The van der Waals surface area contributed by atoms with Crippen LogP contribution < -0.4 is 10.5 Å². The zero-order valence-corrected chi connectivity index (χ0v) is 19.5. The minimum absolute atomic E-state index is 0.0399. The average Bonchev–Trinajstić information content (AvgIpc) is 2.82. The fraction of sp³-hybridized carbons (Fsp3) is 0.222. The number of carbonyl (C=O) groups is 1. The number of rotatable bonds is 9. The Hall–Kier alpha value is -4.13. The summed E-state index contributed by atoms with van der Waals surface area (Å²) in [5.41, 5.74) is 10.3. The first kappa shape index (κ1) is 24.5. The maximum atomic E-state index is 11.8. The molecule has 0 saturated carbocycles. The maximum Gasteiger partial charge on any atom is 0.315 e. The summed E-state index contributed by atoms with van der Waals surface area (Å²) in [6.07, 6.45) is 0.802. The number of hydrogen-bond acceptors (Lipinski definition) is 5. The van der Waals surface area contributed by atoms with Gasteiger partial charge in [-0.3, -0.25) is 14.9 Å². The molecule has 0 radical (unpaired) electrons. The lowest BCUT2D eigenvalue weighted by Crippen LogP contribution is -2.15. The summed E-state index contributed by atoms with van der Waals surface area (Å²) in [6.45, 7) is 5.61. The minimum Gasteiger partial charge on any atom is -0.504 e. The third-order valence-electron chi connectivity index (χ3n) is 5.87. The van der Waals surface area contributed by atoms with Gasteiger partial charge in [-0.1, -0.05) is 62.4 Å². The van der Waals surface area contributed by atoms with Crippen LogP contribution in [0.15, 0.2) is 66.2 Å². The SMILES string of the molecule is CCC(C(N)=O)=C(CC)c1cc(O)c(OCc2cccc(-c3ccccc3)c2C)c([N+](=O)[O-])c1. The third-order valence-corrected chi connectivity index (χ3v) is 5.87. The molecule has 0 heterocycles. The van der Waals surface area contributed by atoms with Crippen molar-refractivity contribution in [2.45, 2.75) is 40.2 Å². The predicted octanol–water partition coefficient (Wildman–Crippen LogP) is 5.91. The van der Waals surface area contributed by atoms with Crippen molar-refractivity contribution in [3.8, 4) is 22.6 Å². The minimum atomic E-state index is -0.602. The molecule has 0 atom stereocenters. The van der Waals surface area contributed by atoms with E-state index in [0.29, 0.717) is 29.6 Å². The van der Waals surface area contributed by atoms with E-state index in [2.05, 4.69) is 0 Å². The highest BCUT2D eigenvalue weighted by Gasteiger charge is 2.24. The Bertz CT molecular complexity index is 1250. The van der Waals surface area contributed by atoms with E-state index >= 15 is 0 Å². The normalized spacial score (nSPS) is 11.6. The Morgan fingerprint density at radius 3 is 2.35 bits per heavy atom. The summed E-state index contributed by atoms with van der Waals surface area (Å²) in [5.74, 6) is -1.17. The van der Waals surface area contributed by atoms with Gasteiger partial charge in [0.25, 0.3) is 0 Å². The number of phenols is 1. The zero-order chi connectivity index (χ0) is 24.8. The number of nitro benzene ring substituents is 1. The number of nitrogens with two attached hydrogens (primary N) is 1. The number of primary amides is 1. The number of allylic oxidation sites excluding steroid dienone is 1. The molecule has 7 heteroatoms. The smallest absolute Gasteiger partial charge is 0.315 e. The van der Waals surface area contributed by atoms with Gasteiger partial charge in [0.2, 0.25) is 11.7 Å². The van der Waals surface area contributed by atoms with E-state index in [4.69, 9.17) is 10.5 Å². The van der Waals surface area contributed by atoms with Gasteiger partial charge in [0.15, 0.2) is 5.75 Å². The summed E-state index contributed by atoms with van der Waals surface area (Å²) in [7, 11) is 0. The number of carbonyl (C=O) groups excluding carboxylic acids is 1. The molecule has 34 heavy (non-hydrogen) atoms. The van der Waals surface area contributed by atoms with Crippen molar-refractivity contribution in [3.05, 3.63) is 93.0 Å². The molecule has 0 saturated heterocycles. The van der Waals surface area contributed by atoms with Crippen LogP contribution >= 0.6 is 0 Å². The summed E-state index contributed by atoms with van der Waals surface area (Å²) < 4.78 is 5.79. The number of amides is 1. The van der Waals surface area contributed by atoms with Crippen molar-refractivity contribution in [1.29, 1.82) is 0 Å². The fourth-order valence-electron chi connectivity index (χ4n) is 4.10.